The summed E-state index contributed by atoms with van der Waals surface area (Å²) in [5, 5.41) is 0. The number of allylic oxidation sites excluding steroid dienone is 5. The van der Waals surface area contributed by atoms with Crippen molar-refractivity contribution in [3.8, 4) is 0 Å². The van der Waals surface area contributed by atoms with Crippen LogP contribution in [0.2, 0.25) is 0 Å². The summed E-state index contributed by atoms with van der Waals surface area (Å²) >= 11 is 0. The summed E-state index contributed by atoms with van der Waals surface area (Å²) < 4.78 is 0. The van der Waals surface area contributed by atoms with Crippen LogP contribution in [0.1, 0.15) is 38.7 Å². The van der Waals surface area contributed by atoms with Crippen LogP contribution in [0.4, 0.5) is 0 Å². The molecule has 1 fully saturated rings. The van der Waals surface area contributed by atoms with Gasteiger partial charge < -0.3 is 0 Å². The molecule has 3 rings (SSSR count). The van der Waals surface area contributed by atoms with Gasteiger partial charge in [-0.2, -0.15) is 0 Å². The first kappa shape index (κ1) is 13.4. The van der Waals surface area contributed by atoms with Crippen molar-refractivity contribution in [1.82, 2.24) is 0 Å². The van der Waals surface area contributed by atoms with Crippen LogP contribution in [0.25, 0.3) is 5.57 Å². The summed E-state index contributed by atoms with van der Waals surface area (Å²) in [5.41, 5.74) is 5.56. The smallest absolute Gasteiger partial charge is 0.00519 e. The van der Waals surface area contributed by atoms with Gasteiger partial charge in [-0.3, -0.25) is 0 Å². The predicted molar refractivity (Wildman–Crippen MR) is 87.3 cm³/mol. The number of hydrogen-bond donors (Lipinski definition) is 0. The molecule has 104 valence electrons. The molecule has 1 aromatic carbocycles. The van der Waals surface area contributed by atoms with Gasteiger partial charge in [-0.15, -0.1) is 0 Å². The van der Waals surface area contributed by atoms with E-state index >= 15 is 0 Å². The quantitative estimate of drug-likeness (QED) is 0.604. The molecule has 0 N–H and O–H groups in total. The monoisotopic (exact) mass is 264 g/mol. The average Bonchev–Trinajstić information content (AvgIpc) is 3.19. The zero-order valence-electron chi connectivity index (χ0n) is 12.6. The van der Waals surface area contributed by atoms with Gasteiger partial charge in [-0.1, -0.05) is 73.1 Å². The molecule has 0 aromatic heterocycles. The minimum absolute atomic E-state index is 0.559. The van der Waals surface area contributed by atoms with Crippen LogP contribution in [0.15, 0.2) is 60.2 Å². The van der Waals surface area contributed by atoms with E-state index in [0.717, 1.165) is 5.92 Å². The largest absolute Gasteiger partial charge is 0.0998 e. The van der Waals surface area contributed by atoms with Crippen LogP contribution in [-0.4, -0.2) is 0 Å². The van der Waals surface area contributed by atoms with Crippen LogP contribution in [0.5, 0.6) is 0 Å². The Morgan fingerprint density at radius 1 is 1.25 bits per heavy atom. The minimum Gasteiger partial charge on any atom is -0.0998 e. The zero-order chi connectivity index (χ0) is 14.1. The molecule has 0 spiro atoms. The van der Waals surface area contributed by atoms with E-state index < -0.39 is 0 Å². The molecule has 0 bridgehead atoms. The SMILES string of the molecule is C=C(C)C(CC1CC1)C1C=C(c2ccccc2)C=C1C. The summed E-state index contributed by atoms with van der Waals surface area (Å²) in [6.07, 6.45) is 9.00. The topological polar surface area (TPSA) is 0 Å². The second-order valence-corrected chi connectivity index (χ2v) is 6.53. The van der Waals surface area contributed by atoms with Crippen molar-refractivity contribution >= 4 is 5.57 Å². The van der Waals surface area contributed by atoms with Gasteiger partial charge in [0.05, 0.1) is 0 Å². The molecule has 0 aliphatic heterocycles. The molecule has 2 unspecified atom stereocenters. The first-order valence-corrected chi connectivity index (χ1v) is 7.76. The van der Waals surface area contributed by atoms with E-state index in [1.807, 2.05) is 0 Å². The van der Waals surface area contributed by atoms with Crippen molar-refractivity contribution in [1.29, 1.82) is 0 Å². The Labute approximate surface area is 122 Å². The molecular weight excluding hydrogens is 240 g/mol. The second kappa shape index (κ2) is 5.44. The Kier molecular flexibility index (Phi) is 3.65. The van der Waals surface area contributed by atoms with Gasteiger partial charge in [0, 0.05) is 5.92 Å². The summed E-state index contributed by atoms with van der Waals surface area (Å²) in [6.45, 7) is 8.74. The molecule has 20 heavy (non-hydrogen) atoms. The van der Waals surface area contributed by atoms with Crippen LogP contribution in [-0.2, 0) is 0 Å². The van der Waals surface area contributed by atoms with Gasteiger partial charge in [0.2, 0.25) is 0 Å². The highest BCUT2D eigenvalue weighted by atomic mass is 14.4. The fourth-order valence-electron chi connectivity index (χ4n) is 3.33. The molecule has 2 atom stereocenters. The Morgan fingerprint density at radius 2 is 1.95 bits per heavy atom. The Balaban J connectivity index is 1.84. The first-order chi connectivity index (χ1) is 9.65. The molecule has 1 aromatic rings. The number of hydrogen-bond acceptors (Lipinski definition) is 0. The zero-order valence-corrected chi connectivity index (χ0v) is 12.6. The fraction of sp³-hybridized carbons (Fsp3) is 0.400. The molecule has 2 aliphatic rings. The Hall–Kier alpha value is -1.56. The van der Waals surface area contributed by atoms with Crippen molar-refractivity contribution < 1.29 is 0 Å². The molecular formula is C20H24. The van der Waals surface area contributed by atoms with E-state index in [1.54, 1.807) is 0 Å². The summed E-state index contributed by atoms with van der Waals surface area (Å²) in [5.74, 6) is 2.14. The van der Waals surface area contributed by atoms with E-state index in [2.05, 4.69) is 62.9 Å². The Bertz CT molecular complexity index is 555. The highest BCUT2D eigenvalue weighted by molar-refractivity contribution is 5.78. The molecule has 0 heterocycles. The van der Waals surface area contributed by atoms with Crippen LogP contribution in [0.3, 0.4) is 0 Å². The van der Waals surface area contributed by atoms with Crippen molar-refractivity contribution in [2.45, 2.75) is 33.1 Å². The van der Waals surface area contributed by atoms with E-state index in [9.17, 15) is 0 Å². The molecule has 2 aliphatic carbocycles. The third-order valence-corrected chi connectivity index (χ3v) is 4.73. The maximum atomic E-state index is 4.26. The van der Waals surface area contributed by atoms with Crippen molar-refractivity contribution in [3.63, 3.8) is 0 Å². The first-order valence-electron chi connectivity index (χ1n) is 7.76. The summed E-state index contributed by atoms with van der Waals surface area (Å²) in [4.78, 5) is 0. The average molecular weight is 264 g/mol. The van der Waals surface area contributed by atoms with Crippen molar-refractivity contribution in [2.75, 3.05) is 0 Å². The van der Waals surface area contributed by atoms with E-state index in [1.165, 1.54) is 41.5 Å². The highest BCUT2D eigenvalue weighted by Gasteiger charge is 2.32. The molecule has 0 nitrogen and oxygen atoms in total. The highest BCUT2D eigenvalue weighted by Crippen LogP contribution is 2.44. The van der Waals surface area contributed by atoms with E-state index in [4.69, 9.17) is 0 Å². The van der Waals surface area contributed by atoms with E-state index in [-0.39, 0.29) is 0 Å². The fourth-order valence-corrected chi connectivity index (χ4v) is 3.33. The van der Waals surface area contributed by atoms with Gasteiger partial charge in [-0.05, 0) is 43.2 Å². The molecule has 0 heteroatoms. The van der Waals surface area contributed by atoms with Crippen LogP contribution in [0, 0.1) is 17.8 Å². The van der Waals surface area contributed by atoms with Gasteiger partial charge >= 0.3 is 0 Å². The normalized spacial score (nSPS) is 23.2. The lowest BCUT2D eigenvalue weighted by Crippen LogP contribution is -2.14. The summed E-state index contributed by atoms with van der Waals surface area (Å²) in [6, 6.07) is 10.7. The molecule has 0 amide bonds. The Morgan fingerprint density at radius 3 is 2.55 bits per heavy atom. The van der Waals surface area contributed by atoms with Crippen molar-refractivity contribution in [3.05, 3.63) is 65.8 Å². The lowest BCUT2D eigenvalue weighted by Gasteiger charge is -2.24. The maximum absolute atomic E-state index is 4.26. The maximum Gasteiger partial charge on any atom is 0.00519 e. The van der Waals surface area contributed by atoms with Gasteiger partial charge in [-0.25, -0.2) is 0 Å². The number of rotatable bonds is 5. The standard InChI is InChI=1S/C20H24/c1-14(2)19(12-16-9-10-16)20-13-18(11-15(20)3)17-7-5-4-6-8-17/h4-8,11,13,16,19-20H,1,9-10,12H2,2-3H3. The van der Waals surface area contributed by atoms with Gasteiger partial charge in [0.1, 0.15) is 0 Å². The number of benzene rings is 1. The predicted octanol–water partition coefficient (Wildman–Crippen LogP) is 5.64. The third-order valence-electron chi connectivity index (χ3n) is 4.73. The minimum atomic E-state index is 0.559. The molecule has 1 saturated carbocycles. The van der Waals surface area contributed by atoms with Gasteiger partial charge in [0.25, 0.3) is 0 Å². The summed E-state index contributed by atoms with van der Waals surface area (Å²) in [7, 11) is 0. The molecule has 0 radical (unpaired) electrons. The molecule has 0 saturated heterocycles. The lowest BCUT2D eigenvalue weighted by molar-refractivity contribution is 0.448. The van der Waals surface area contributed by atoms with Crippen LogP contribution >= 0.6 is 0 Å². The van der Waals surface area contributed by atoms with Crippen LogP contribution < -0.4 is 0 Å². The van der Waals surface area contributed by atoms with Gasteiger partial charge in [0.15, 0.2) is 0 Å². The van der Waals surface area contributed by atoms with E-state index in [0.29, 0.717) is 11.8 Å². The third kappa shape index (κ3) is 2.80. The van der Waals surface area contributed by atoms with Crippen molar-refractivity contribution in [2.24, 2.45) is 17.8 Å². The second-order valence-electron chi connectivity index (χ2n) is 6.53. The lowest BCUT2D eigenvalue weighted by atomic mass is 9.80.